The van der Waals surface area contributed by atoms with Gasteiger partial charge in [-0.05, 0) is 36.8 Å². The molecule has 1 fully saturated rings. The molecule has 1 saturated heterocycles. The number of methoxy groups -OCH3 is 2. The number of halogens is 1. The lowest BCUT2D eigenvalue weighted by atomic mass is 10.0. The highest BCUT2D eigenvalue weighted by atomic mass is 19.1. The molecule has 0 saturated carbocycles. The average molecular weight is 449 g/mol. The average Bonchev–Trinajstić information content (AvgIpc) is 3.42. The molecule has 0 radical (unpaired) electrons. The molecular weight excluding hydrogens is 425 g/mol. The molecule has 2 aliphatic rings. The number of amides is 1. The van der Waals surface area contributed by atoms with E-state index in [4.69, 9.17) is 20.2 Å². The van der Waals surface area contributed by atoms with Gasteiger partial charge in [-0.2, -0.15) is 0 Å². The van der Waals surface area contributed by atoms with E-state index < -0.39 is 5.82 Å². The van der Waals surface area contributed by atoms with Crippen molar-refractivity contribution in [2.45, 2.75) is 19.0 Å². The number of hydrogen-bond donors (Lipinski definition) is 1. The minimum Gasteiger partial charge on any atom is -0.496 e. The predicted molar refractivity (Wildman–Crippen MR) is 122 cm³/mol. The van der Waals surface area contributed by atoms with E-state index in [0.29, 0.717) is 46.5 Å². The second-order valence-electron chi connectivity index (χ2n) is 8.08. The van der Waals surface area contributed by atoms with E-state index in [2.05, 4.69) is 9.88 Å². The van der Waals surface area contributed by atoms with E-state index in [1.54, 1.807) is 42.3 Å². The van der Waals surface area contributed by atoms with Crippen LogP contribution in [0.15, 0.2) is 42.6 Å². The molecule has 1 amide bonds. The van der Waals surface area contributed by atoms with Crippen molar-refractivity contribution in [3.8, 4) is 22.8 Å². The van der Waals surface area contributed by atoms with Crippen molar-refractivity contribution < 1.29 is 18.7 Å². The zero-order valence-electron chi connectivity index (χ0n) is 18.4. The molecule has 170 valence electrons. The van der Waals surface area contributed by atoms with Crippen molar-refractivity contribution in [1.29, 1.82) is 0 Å². The number of aromatic nitrogens is 2. The Morgan fingerprint density at radius 1 is 1.12 bits per heavy atom. The number of fused-ring (bicyclic) bond motifs is 1. The second-order valence-corrected chi connectivity index (χ2v) is 8.08. The lowest BCUT2D eigenvalue weighted by Crippen LogP contribution is -2.29. The van der Waals surface area contributed by atoms with Gasteiger partial charge in [0.2, 0.25) is 0 Å². The molecule has 33 heavy (non-hydrogen) atoms. The first kappa shape index (κ1) is 21.1. The Morgan fingerprint density at radius 3 is 2.67 bits per heavy atom. The van der Waals surface area contributed by atoms with Gasteiger partial charge in [-0.25, -0.2) is 9.37 Å². The lowest BCUT2D eigenvalue weighted by Gasteiger charge is -2.22. The number of ether oxygens (including phenoxy) is 2. The van der Waals surface area contributed by atoms with Gasteiger partial charge in [0.25, 0.3) is 5.91 Å². The molecule has 1 aromatic carbocycles. The van der Waals surface area contributed by atoms with Crippen LogP contribution in [-0.4, -0.2) is 49.2 Å². The van der Waals surface area contributed by atoms with Crippen LogP contribution < -0.4 is 25.0 Å². The molecule has 0 aliphatic carbocycles. The maximum Gasteiger partial charge on any atom is 0.260 e. The SMILES string of the molecule is COc1ccc(N2Cc3c(ccnc3-c3c(F)cccc3OC)C2=O)nc1N1CCC(N)C1. The van der Waals surface area contributed by atoms with Gasteiger partial charge >= 0.3 is 0 Å². The fourth-order valence-electron chi connectivity index (χ4n) is 4.47. The monoisotopic (exact) mass is 449 g/mol. The van der Waals surface area contributed by atoms with Crippen molar-refractivity contribution >= 4 is 17.5 Å². The van der Waals surface area contributed by atoms with Gasteiger partial charge in [0, 0.05) is 36.5 Å². The number of carbonyl (C=O) groups excluding carboxylic acids is 1. The van der Waals surface area contributed by atoms with Gasteiger partial charge in [0.1, 0.15) is 17.4 Å². The van der Waals surface area contributed by atoms with Crippen molar-refractivity contribution in [2.75, 3.05) is 37.1 Å². The fourth-order valence-corrected chi connectivity index (χ4v) is 4.47. The number of nitrogens with two attached hydrogens (primary N) is 1. The van der Waals surface area contributed by atoms with Crippen LogP contribution in [0.1, 0.15) is 22.3 Å². The third-order valence-corrected chi connectivity index (χ3v) is 6.13. The summed E-state index contributed by atoms with van der Waals surface area (Å²) in [7, 11) is 3.07. The van der Waals surface area contributed by atoms with Gasteiger partial charge < -0.3 is 20.1 Å². The van der Waals surface area contributed by atoms with Crippen LogP contribution in [0.25, 0.3) is 11.3 Å². The van der Waals surface area contributed by atoms with Crippen LogP contribution in [0, 0.1) is 5.82 Å². The topological polar surface area (TPSA) is 93.8 Å². The van der Waals surface area contributed by atoms with Crippen molar-refractivity contribution in [3.63, 3.8) is 0 Å². The maximum absolute atomic E-state index is 14.8. The molecule has 4 heterocycles. The van der Waals surface area contributed by atoms with Crippen LogP contribution in [0.2, 0.25) is 0 Å². The number of benzene rings is 1. The summed E-state index contributed by atoms with van der Waals surface area (Å²) in [5, 5.41) is 0. The maximum atomic E-state index is 14.8. The molecule has 1 unspecified atom stereocenters. The quantitative estimate of drug-likeness (QED) is 0.640. The molecule has 0 spiro atoms. The highest BCUT2D eigenvalue weighted by molar-refractivity contribution is 6.10. The summed E-state index contributed by atoms with van der Waals surface area (Å²) in [6.45, 7) is 1.65. The van der Waals surface area contributed by atoms with Crippen LogP contribution >= 0.6 is 0 Å². The molecule has 2 aliphatic heterocycles. The predicted octanol–water partition coefficient (Wildman–Crippen LogP) is 3.00. The minimum atomic E-state index is -0.462. The first-order valence-electron chi connectivity index (χ1n) is 10.7. The van der Waals surface area contributed by atoms with Crippen molar-refractivity contribution in [2.24, 2.45) is 5.73 Å². The third-order valence-electron chi connectivity index (χ3n) is 6.13. The molecular formula is C24H24FN5O3. The van der Waals surface area contributed by atoms with Gasteiger partial charge in [-0.1, -0.05) is 6.07 Å². The van der Waals surface area contributed by atoms with Gasteiger partial charge in [0.15, 0.2) is 11.6 Å². The summed E-state index contributed by atoms with van der Waals surface area (Å²) in [4.78, 5) is 26.1. The summed E-state index contributed by atoms with van der Waals surface area (Å²) >= 11 is 0. The highest BCUT2D eigenvalue weighted by Crippen LogP contribution is 2.39. The van der Waals surface area contributed by atoms with E-state index in [-0.39, 0.29) is 24.1 Å². The lowest BCUT2D eigenvalue weighted by molar-refractivity contribution is 0.0996. The van der Waals surface area contributed by atoms with Crippen LogP contribution in [0.4, 0.5) is 16.0 Å². The Bertz CT molecular complexity index is 1230. The van der Waals surface area contributed by atoms with Gasteiger partial charge in [-0.3, -0.25) is 14.7 Å². The van der Waals surface area contributed by atoms with E-state index >= 15 is 0 Å². The molecule has 2 aromatic heterocycles. The van der Waals surface area contributed by atoms with Crippen molar-refractivity contribution in [3.05, 3.63) is 59.5 Å². The number of nitrogens with zero attached hydrogens (tertiary/aromatic N) is 4. The van der Waals surface area contributed by atoms with E-state index in [1.807, 2.05) is 0 Å². The van der Waals surface area contributed by atoms with Gasteiger partial charge in [-0.15, -0.1) is 0 Å². The molecule has 9 heteroatoms. The Labute approximate surface area is 190 Å². The molecule has 3 aromatic rings. The minimum absolute atomic E-state index is 0.0715. The molecule has 2 N–H and O–H groups in total. The number of pyridine rings is 2. The highest BCUT2D eigenvalue weighted by Gasteiger charge is 2.34. The summed E-state index contributed by atoms with van der Waals surface area (Å²) in [6, 6.07) is 9.87. The largest absolute Gasteiger partial charge is 0.496 e. The van der Waals surface area contributed by atoms with Crippen molar-refractivity contribution in [1.82, 2.24) is 9.97 Å². The van der Waals surface area contributed by atoms with E-state index in [0.717, 1.165) is 13.0 Å². The smallest absolute Gasteiger partial charge is 0.260 e. The van der Waals surface area contributed by atoms with Gasteiger partial charge in [0.05, 0.1) is 32.0 Å². The first-order chi connectivity index (χ1) is 16.0. The van der Waals surface area contributed by atoms with E-state index in [1.165, 1.54) is 19.4 Å². The Balaban J connectivity index is 1.55. The first-order valence-corrected chi connectivity index (χ1v) is 10.7. The zero-order valence-corrected chi connectivity index (χ0v) is 18.4. The number of hydrogen-bond acceptors (Lipinski definition) is 7. The fraction of sp³-hybridized carbons (Fsp3) is 0.292. The Hall–Kier alpha value is -3.72. The number of rotatable bonds is 5. The second kappa shape index (κ2) is 8.32. The van der Waals surface area contributed by atoms with Crippen LogP contribution in [0.5, 0.6) is 11.5 Å². The summed E-state index contributed by atoms with van der Waals surface area (Å²) in [6.07, 6.45) is 2.38. The standard InChI is InChI=1S/C24H24FN5O3/c1-32-18-5-3-4-17(25)21(18)22-16-13-30(24(31)15(16)8-10-27-22)20-7-6-19(33-2)23(28-20)29-11-9-14(26)12-29/h3-8,10,14H,9,11-13,26H2,1-2H3. The molecule has 5 rings (SSSR count). The summed E-state index contributed by atoms with van der Waals surface area (Å²) in [5.41, 5.74) is 7.80. The molecule has 1 atom stereocenters. The number of carbonyl (C=O) groups is 1. The van der Waals surface area contributed by atoms with Crippen LogP contribution in [0.3, 0.4) is 0 Å². The summed E-state index contributed by atoms with van der Waals surface area (Å²) < 4.78 is 25.7. The summed E-state index contributed by atoms with van der Waals surface area (Å²) in [5.74, 6) is 1.44. The normalized spacial score (nSPS) is 17.5. The molecule has 0 bridgehead atoms. The van der Waals surface area contributed by atoms with Crippen LogP contribution in [-0.2, 0) is 6.54 Å². The zero-order chi connectivity index (χ0) is 23.1. The number of anilines is 2. The Kier molecular flexibility index (Phi) is 5.33. The molecule has 8 nitrogen and oxygen atoms in total. The Morgan fingerprint density at radius 2 is 1.94 bits per heavy atom. The third kappa shape index (κ3) is 3.54. The van der Waals surface area contributed by atoms with E-state index in [9.17, 15) is 9.18 Å².